The highest BCUT2D eigenvalue weighted by atomic mass is 32.1. The molecule has 0 bridgehead atoms. The van der Waals surface area contributed by atoms with Gasteiger partial charge in [0.05, 0.1) is 42.6 Å². The summed E-state index contributed by atoms with van der Waals surface area (Å²) < 4.78 is 7.51. The molecule has 2 aromatic rings. The number of ether oxygens (including phenoxy) is 1. The number of rotatable bonds is 3. The van der Waals surface area contributed by atoms with E-state index in [2.05, 4.69) is 16.6 Å². The zero-order valence-electron chi connectivity index (χ0n) is 13.7. The summed E-state index contributed by atoms with van der Waals surface area (Å²) in [6, 6.07) is 8.09. The molecule has 0 N–H and O–H groups in total. The fourth-order valence-electron chi connectivity index (χ4n) is 2.66. The largest absolute Gasteiger partial charge is 0.378 e. The van der Waals surface area contributed by atoms with Gasteiger partial charge in [0.15, 0.2) is 5.78 Å². The minimum atomic E-state index is 0.0832. The molecule has 1 saturated heterocycles. The van der Waals surface area contributed by atoms with Crippen molar-refractivity contribution in [2.45, 2.75) is 20.8 Å². The molecule has 1 aromatic carbocycles. The number of carbonyl (C=O) groups excluding carboxylic acids is 1. The van der Waals surface area contributed by atoms with Crippen LogP contribution in [-0.2, 0) is 4.74 Å². The first-order chi connectivity index (χ1) is 11.1. The molecule has 5 nitrogen and oxygen atoms in total. The molecule has 2 heterocycles. The fraction of sp³-hybridized carbons (Fsp3) is 0.412. The number of thiazole rings is 1. The Morgan fingerprint density at radius 3 is 2.43 bits per heavy atom. The molecule has 0 radical (unpaired) electrons. The Bertz CT molecular complexity index is 768. The van der Waals surface area contributed by atoms with Crippen LogP contribution in [-0.4, -0.2) is 36.8 Å². The molecule has 0 unspecified atom stereocenters. The van der Waals surface area contributed by atoms with E-state index in [1.54, 1.807) is 6.92 Å². The first-order valence-corrected chi connectivity index (χ1v) is 8.55. The smallest absolute Gasteiger partial charge is 0.209 e. The fourth-order valence-corrected chi connectivity index (χ4v) is 3.71. The van der Waals surface area contributed by atoms with Crippen molar-refractivity contribution in [3.8, 4) is 0 Å². The number of Topliss-reactive ketones (excluding diaryl/α,β-unsaturated/α-hetero) is 1. The molecule has 0 atom stereocenters. The summed E-state index contributed by atoms with van der Waals surface area (Å²) in [5, 5.41) is 2.20. The molecular weight excluding hydrogens is 310 g/mol. The van der Waals surface area contributed by atoms with Gasteiger partial charge in [0.25, 0.3) is 0 Å². The summed E-state index contributed by atoms with van der Waals surface area (Å²) in [7, 11) is 0. The molecule has 0 aliphatic carbocycles. The van der Waals surface area contributed by atoms with Crippen molar-refractivity contribution in [1.82, 2.24) is 4.68 Å². The van der Waals surface area contributed by atoms with Crippen molar-refractivity contribution in [3.63, 3.8) is 0 Å². The molecule has 1 aliphatic rings. The zero-order valence-corrected chi connectivity index (χ0v) is 14.5. The van der Waals surface area contributed by atoms with Crippen LogP contribution < -0.4 is 9.81 Å². The Morgan fingerprint density at radius 1 is 1.17 bits per heavy atom. The van der Waals surface area contributed by atoms with Gasteiger partial charge in [-0.15, -0.1) is 0 Å². The minimum absolute atomic E-state index is 0.0832. The van der Waals surface area contributed by atoms with Gasteiger partial charge in [0.1, 0.15) is 0 Å². The average molecular weight is 331 g/mol. The van der Waals surface area contributed by atoms with E-state index >= 15 is 0 Å². The van der Waals surface area contributed by atoms with Gasteiger partial charge in [-0.2, -0.15) is 0 Å². The molecular formula is C17H21N3O2S. The van der Waals surface area contributed by atoms with Crippen molar-refractivity contribution in [3.05, 3.63) is 45.2 Å². The van der Waals surface area contributed by atoms with Gasteiger partial charge in [-0.25, -0.2) is 9.67 Å². The molecule has 6 heteroatoms. The van der Waals surface area contributed by atoms with E-state index in [1.807, 2.05) is 31.2 Å². The van der Waals surface area contributed by atoms with Crippen LogP contribution in [0.25, 0.3) is 0 Å². The number of nitrogens with zero attached hydrogens (tertiary/aromatic N) is 3. The van der Waals surface area contributed by atoms with Gasteiger partial charge >= 0.3 is 0 Å². The van der Waals surface area contributed by atoms with Crippen molar-refractivity contribution < 1.29 is 9.53 Å². The Morgan fingerprint density at radius 2 is 1.83 bits per heavy atom. The maximum atomic E-state index is 11.9. The summed E-state index contributed by atoms with van der Waals surface area (Å²) >= 11 is 1.45. The Hall–Kier alpha value is -1.92. The Labute approximate surface area is 139 Å². The number of hydrogen-bond donors (Lipinski definition) is 0. The van der Waals surface area contributed by atoms with Gasteiger partial charge in [0, 0.05) is 6.92 Å². The summed E-state index contributed by atoms with van der Waals surface area (Å²) in [5.74, 6) is 0.0832. The number of ketones is 1. The third-order valence-corrected chi connectivity index (χ3v) is 5.10. The lowest BCUT2D eigenvalue weighted by atomic mass is 10.2. The maximum Gasteiger partial charge on any atom is 0.209 e. The predicted molar refractivity (Wildman–Crippen MR) is 92.2 cm³/mol. The van der Waals surface area contributed by atoms with Crippen LogP contribution in [0.5, 0.6) is 0 Å². The van der Waals surface area contributed by atoms with E-state index in [1.165, 1.54) is 16.9 Å². The average Bonchev–Trinajstić information content (AvgIpc) is 2.87. The number of benzene rings is 1. The summed E-state index contributed by atoms with van der Waals surface area (Å²) in [6.45, 7) is 8.64. The second kappa shape index (κ2) is 6.68. The van der Waals surface area contributed by atoms with Gasteiger partial charge in [0.2, 0.25) is 4.80 Å². The maximum absolute atomic E-state index is 11.9. The van der Waals surface area contributed by atoms with Gasteiger partial charge in [-0.1, -0.05) is 29.0 Å². The standard InChI is InChI=1S/C17H21N3O2S/c1-12-4-6-15(7-5-12)18-17-20(19-8-10-22-11-9-19)13(2)16(23-17)14(3)21/h4-7H,8-11H2,1-3H3. The first-order valence-electron chi connectivity index (χ1n) is 7.74. The van der Waals surface area contributed by atoms with E-state index in [4.69, 9.17) is 9.73 Å². The predicted octanol–water partition coefficient (Wildman–Crippen LogP) is 2.57. The van der Waals surface area contributed by atoms with Crippen molar-refractivity contribution >= 4 is 22.8 Å². The summed E-state index contributed by atoms with van der Waals surface area (Å²) in [6.07, 6.45) is 0. The lowest BCUT2D eigenvalue weighted by Crippen LogP contribution is -2.48. The molecule has 0 spiro atoms. The minimum Gasteiger partial charge on any atom is -0.378 e. The second-order valence-corrected chi connectivity index (χ2v) is 6.66. The number of aryl methyl sites for hydroxylation is 1. The summed E-state index contributed by atoms with van der Waals surface area (Å²) in [5.41, 5.74) is 3.06. The van der Waals surface area contributed by atoms with Crippen LogP contribution in [0.4, 0.5) is 5.69 Å². The van der Waals surface area contributed by atoms with E-state index in [0.717, 1.165) is 34.1 Å². The zero-order chi connectivity index (χ0) is 16.4. The van der Waals surface area contributed by atoms with Crippen molar-refractivity contribution in [1.29, 1.82) is 0 Å². The lowest BCUT2D eigenvalue weighted by molar-refractivity contribution is 0.101. The van der Waals surface area contributed by atoms with E-state index in [-0.39, 0.29) is 5.78 Å². The number of morpholine rings is 1. The van der Waals surface area contributed by atoms with Crippen LogP contribution in [0.3, 0.4) is 0 Å². The SMILES string of the molecule is CC(=O)c1sc(=Nc2ccc(C)cc2)n(N2CCOCC2)c1C. The van der Waals surface area contributed by atoms with Crippen LogP contribution in [0, 0.1) is 13.8 Å². The molecule has 23 heavy (non-hydrogen) atoms. The third kappa shape index (κ3) is 3.38. The number of hydrogen-bond acceptors (Lipinski definition) is 5. The molecule has 3 rings (SSSR count). The Balaban J connectivity index is 2.12. The first kappa shape index (κ1) is 16.0. The molecule has 0 saturated carbocycles. The third-order valence-electron chi connectivity index (χ3n) is 3.87. The molecule has 0 amide bonds. The van der Waals surface area contributed by atoms with E-state index in [0.29, 0.717) is 13.2 Å². The van der Waals surface area contributed by atoms with Crippen LogP contribution in [0.15, 0.2) is 29.3 Å². The Kier molecular flexibility index (Phi) is 4.63. The monoisotopic (exact) mass is 331 g/mol. The lowest BCUT2D eigenvalue weighted by Gasteiger charge is -2.30. The van der Waals surface area contributed by atoms with Gasteiger partial charge in [-0.3, -0.25) is 4.79 Å². The molecule has 1 aromatic heterocycles. The van der Waals surface area contributed by atoms with Gasteiger partial charge < -0.3 is 9.75 Å². The molecule has 1 aliphatic heterocycles. The van der Waals surface area contributed by atoms with Gasteiger partial charge in [-0.05, 0) is 26.0 Å². The summed E-state index contributed by atoms with van der Waals surface area (Å²) in [4.78, 5) is 18.3. The van der Waals surface area contributed by atoms with Crippen LogP contribution in [0.1, 0.15) is 27.9 Å². The van der Waals surface area contributed by atoms with Crippen LogP contribution in [0.2, 0.25) is 0 Å². The van der Waals surface area contributed by atoms with Crippen molar-refractivity contribution in [2.75, 3.05) is 31.3 Å². The molecule has 1 fully saturated rings. The number of aromatic nitrogens is 1. The highest BCUT2D eigenvalue weighted by Crippen LogP contribution is 2.17. The highest BCUT2D eigenvalue weighted by Gasteiger charge is 2.19. The topological polar surface area (TPSA) is 46.8 Å². The number of carbonyl (C=O) groups is 1. The normalized spacial score (nSPS) is 16.0. The molecule has 122 valence electrons. The van der Waals surface area contributed by atoms with E-state index in [9.17, 15) is 4.79 Å². The van der Waals surface area contributed by atoms with E-state index < -0.39 is 0 Å². The quantitative estimate of drug-likeness (QED) is 0.812. The highest BCUT2D eigenvalue weighted by molar-refractivity contribution is 7.11. The second-order valence-electron chi connectivity index (χ2n) is 5.68. The van der Waals surface area contributed by atoms with Crippen LogP contribution >= 0.6 is 11.3 Å². The van der Waals surface area contributed by atoms with Crippen molar-refractivity contribution in [2.24, 2.45) is 4.99 Å².